The van der Waals surface area contributed by atoms with Gasteiger partial charge in [-0.2, -0.15) is 0 Å². The molecule has 0 saturated carbocycles. The largest absolute Gasteiger partial charge is 0.395 e. The second-order valence-electron chi connectivity index (χ2n) is 10.4. The number of rotatable bonds is 8. The smallest absolute Gasteiger partial charge is 0.251 e. The van der Waals surface area contributed by atoms with E-state index in [1.807, 2.05) is 19.9 Å². The summed E-state index contributed by atoms with van der Waals surface area (Å²) in [5.74, 6) is -1.97. The van der Waals surface area contributed by atoms with Crippen LogP contribution in [0.15, 0.2) is 41.8 Å². The molecule has 8 nitrogen and oxygen atoms in total. The number of hydrogen-bond acceptors (Lipinski definition) is 7. The molecule has 2 aromatic carbocycles. The van der Waals surface area contributed by atoms with E-state index in [1.54, 1.807) is 19.2 Å². The van der Waals surface area contributed by atoms with E-state index >= 15 is 0 Å². The van der Waals surface area contributed by atoms with Gasteiger partial charge < -0.3 is 25.4 Å². The summed E-state index contributed by atoms with van der Waals surface area (Å²) in [6.45, 7) is 7.96. The number of aromatic nitrogens is 1. The van der Waals surface area contributed by atoms with Crippen LogP contribution < -0.4 is 15.5 Å². The highest BCUT2D eigenvalue weighted by Crippen LogP contribution is 2.31. The van der Waals surface area contributed by atoms with Gasteiger partial charge in [-0.1, -0.05) is 13.8 Å². The van der Waals surface area contributed by atoms with Crippen molar-refractivity contribution in [3.8, 4) is 11.3 Å². The number of anilines is 2. The van der Waals surface area contributed by atoms with Gasteiger partial charge in [0.05, 0.1) is 31.1 Å². The minimum absolute atomic E-state index is 0.0274. The van der Waals surface area contributed by atoms with Crippen molar-refractivity contribution in [1.82, 2.24) is 10.3 Å². The number of morpholine rings is 1. The highest BCUT2D eigenvalue weighted by molar-refractivity contribution is 7.14. The van der Waals surface area contributed by atoms with Crippen molar-refractivity contribution < 1.29 is 28.2 Å². The lowest BCUT2D eigenvalue weighted by molar-refractivity contribution is -0.115. The van der Waals surface area contributed by atoms with E-state index < -0.39 is 23.0 Å². The number of halogens is 2. The first-order valence-corrected chi connectivity index (χ1v) is 13.5. The molecule has 39 heavy (non-hydrogen) atoms. The molecule has 1 aliphatic rings. The summed E-state index contributed by atoms with van der Waals surface area (Å²) in [6.07, 6.45) is 0.0547. The predicted molar refractivity (Wildman–Crippen MR) is 147 cm³/mol. The molecule has 208 valence electrons. The molecule has 4 rings (SSSR count). The van der Waals surface area contributed by atoms with Crippen LogP contribution in [0.3, 0.4) is 0 Å². The Balaban J connectivity index is 1.39. The number of thiazole rings is 1. The van der Waals surface area contributed by atoms with Gasteiger partial charge in [0.1, 0.15) is 11.6 Å². The lowest BCUT2D eigenvalue weighted by Gasteiger charge is -2.37. The summed E-state index contributed by atoms with van der Waals surface area (Å²) in [7, 11) is 0. The summed E-state index contributed by atoms with van der Waals surface area (Å²) in [5.41, 5.74) is 1.33. The Bertz CT molecular complexity index is 1350. The molecule has 0 spiro atoms. The van der Waals surface area contributed by atoms with Gasteiger partial charge in [0.15, 0.2) is 5.13 Å². The Morgan fingerprint density at radius 3 is 2.56 bits per heavy atom. The van der Waals surface area contributed by atoms with E-state index in [1.165, 1.54) is 35.6 Å². The molecule has 0 unspecified atom stereocenters. The monoisotopic (exact) mass is 558 g/mol. The van der Waals surface area contributed by atoms with Crippen molar-refractivity contribution in [2.45, 2.75) is 45.3 Å². The topological polar surface area (TPSA) is 104 Å². The van der Waals surface area contributed by atoms with Crippen LogP contribution in [0.4, 0.5) is 19.6 Å². The fourth-order valence-electron chi connectivity index (χ4n) is 4.45. The molecule has 3 N–H and O–H groups in total. The maximum Gasteiger partial charge on any atom is 0.251 e. The van der Waals surface area contributed by atoms with Gasteiger partial charge in [0.25, 0.3) is 5.91 Å². The fourth-order valence-corrected chi connectivity index (χ4v) is 5.19. The molecule has 2 heterocycles. The number of amides is 2. The Hall–Kier alpha value is -3.41. The average molecular weight is 559 g/mol. The third-order valence-electron chi connectivity index (χ3n) is 6.48. The van der Waals surface area contributed by atoms with Crippen LogP contribution in [-0.2, 0) is 14.9 Å². The van der Waals surface area contributed by atoms with Crippen molar-refractivity contribution in [1.29, 1.82) is 0 Å². The highest BCUT2D eigenvalue weighted by atomic mass is 32.1. The summed E-state index contributed by atoms with van der Waals surface area (Å²) < 4.78 is 34.5. The van der Waals surface area contributed by atoms with E-state index in [0.29, 0.717) is 29.5 Å². The fraction of sp³-hybridized carbons (Fsp3) is 0.393. The molecule has 0 radical (unpaired) electrons. The number of benzene rings is 2. The summed E-state index contributed by atoms with van der Waals surface area (Å²) in [6, 6.07) is 8.60. The van der Waals surface area contributed by atoms with Crippen LogP contribution in [0.1, 0.15) is 43.6 Å². The number of hydrogen-bond donors (Lipinski definition) is 3. The van der Waals surface area contributed by atoms with Crippen LogP contribution in [-0.4, -0.2) is 60.4 Å². The zero-order chi connectivity index (χ0) is 28.3. The van der Waals surface area contributed by atoms with E-state index in [0.717, 1.165) is 11.8 Å². The zero-order valence-corrected chi connectivity index (χ0v) is 23.1. The van der Waals surface area contributed by atoms with Crippen molar-refractivity contribution in [3.05, 3.63) is 64.5 Å². The zero-order valence-electron chi connectivity index (χ0n) is 22.3. The quantitative estimate of drug-likeness (QED) is 0.380. The SMILES string of the molecule is C[C@@H]1CN(c2cc(F)cc(-c3csc(NC(=O)CNC(=O)c4ccc(F)c(C(C)(C)CO)c4)n3)c2)C[C@H](C)O1. The van der Waals surface area contributed by atoms with Crippen molar-refractivity contribution in [3.63, 3.8) is 0 Å². The van der Waals surface area contributed by atoms with E-state index in [-0.39, 0.29) is 42.3 Å². The Morgan fingerprint density at radius 2 is 1.87 bits per heavy atom. The van der Waals surface area contributed by atoms with Gasteiger partial charge in [0, 0.05) is 40.7 Å². The Kier molecular flexibility index (Phi) is 8.63. The average Bonchev–Trinajstić information content (AvgIpc) is 3.35. The Labute approximate surface area is 230 Å². The lowest BCUT2D eigenvalue weighted by Crippen LogP contribution is -2.45. The van der Waals surface area contributed by atoms with Crippen LogP contribution in [0.2, 0.25) is 0 Å². The number of aliphatic hydroxyl groups excluding tert-OH is 1. The van der Waals surface area contributed by atoms with Crippen molar-refractivity contribution in [2.24, 2.45) is 0 Å². The second kappa shape index (κ2) is 11.8. The van der Waals surface area contributed by atoms with E-state index in [4.69, 9.17) is 4.74 Å². The minimum Gasteiger partial charge on any atom is -0.395 e. The number of nitrogens with one attached hydrogen (secondary N) is 2. The first kappa shape index (κ1) is 28.6. The molecule has 1 fully saturated rings. The van der Waals surface area contributed by atoms with Gasteiger partial charge in [0.2, 0.25) is 5.91 Å². The third-order valence-corrected chi connectivity index (χ3v) is 7.23. The van der Waals surface area contributed by atoms with Crippen molar-refractivity contribution in [2.75, 3.05) is 36.5 Å². The molecule has 2 amide bonds. The van der Waals surface area contributed by atoms with Gasteiger partial charge in [-0.3, -0.25) is 9.59 Å². The van der Waals surface area contributed by atoms with Gasteiger partial charge in [-0.25, -0.2) is 13.8 Å². The molecule has 0 bridgehead atoms. The second-order valence-corrected chi connectivity index (χ2v) is 11.2. The summed E-state index contributed by atoms with van der Waals surface area (Å²) >= 11 is 1.18. The standard InChI is InChI=1S/C28H32F2N4O4S/c1-16-12-34(13-17(2)38-16)21-8-19(7-20(29)10-21)24-14-39-27(32-24)33-25(36)11-31-26(37)18-5-6-23(30)22(9-18)28(3,4)15-35/h5-10,14,16-17,35H,11-13,15H2,1-4H3,(H,31,37)(H,32,33,36)/t16-,17+. The molecule has 3 aromatic rings. The number of carbonyl (C=O) groups is 2. The Morgan fingerprint density at radius 1 is 1.15 bits per heavy atom. The number of ether oxygens (including phenoxy) is 1. The van der Waals surface area contributed by atoms with Gasteiger partial charge >= 0.3 is 0 Å². The van der Waals surface area contributed by atoms with E-state index in [2.05, 4.69) is 20.5 Å². The molecule has 2 atom stereocenters. The van der Waals surface area contributed by atoms with Gasteiger partial charge in [-0.05, 0) is 55.8 Å². The highest BCUT2D eigenvalue weighted by Gasteiger charge is 2.25. The molecule has 1 aromatic heterocycles. The van der Waals surface area contributed by atoms with Crippen LogP contribution in [0, 0.1) is 11.6 Å². The van der Waals surface area contributed by atoms with Crippen molar-refractivity contribution >= 4 is 34.0 Å². The van der Waals surface area contributed by atoms with E-state index in [9.17, 15) is 23.5 Å². The maximum absolute atomic E-state index is 14.5. The van der Waals surface area contributed by atoms with Crippen LogP contribution in [0.5, 0.6) is 0 Å². The summed E-state index contributed by atoms with van der Waals surface area (Å²) in [5, 5.41) is 16.7. The number of carbonyl (C=O) groups excluding carboxylic acids is 2. The molecule has 11 heteroatoms. The molecule has 1 aliphatic heterocycles. The molecular weight excluding hydrogens is 526 g/mol. The normalized spacial score (nSPS) is 17.7. The third kappa shape index (κ3) is 6.97. The predicted octanol–water partition coefficient (Wildman–Crippen LogP) is 4.34. The molecular formula is C28H32F2N4O4S. The van der Waals surface area contributed by atoms with Crippen LogP contribution >= 0.6 is 11.3 Å². The lowest BCUT2D eigenvalue weighted by atomic mass is 9.84. The first-order valence-electron chi connectivity index (χ1n) is 12.6. The number of nitrogens with zero attached hydrogens (tertiary/aromatic N) is 2. The maximum atomic E-state index is 14.5. The minimum atomic E-state index is -0.873. The molecule has 0 aliphatic carbocycles. The summed E-state index contributed by atoms with van der Waals surface area (Å²) in [4.78, 5) is 31.5. The number of aliphatic hydroxyl groups is 1. The van der Waals surface area contributed by atoms with Gasteiger partial charge in [-0.15, -0.1) is 11.3 Å². The molecule has 1 saturated heterocycles. The van der Waals surface area contributed by atoms with Crippen LogP contribution in [0.25, 0.3) is 11.3 Å². The first-order chi connectivity index (χ1) is 18.4.